The van der Waals surface area contributed by atoms with Crippen LogP contribution < -0.4 is 9.47 Å². The molecule has 0 spiro atoms. The highest BCUT2D eigenvalue weighted by Gasteiger charge is 2.41. The van der Waals surface area contributed by atoms with Gasteiger partial charge in [-0.15, -0.1) is 0 Å². The lowest BCUT2D eigenvalue weighted by Gasteiger charge is -2.38. The van der Waals surface area contributed by atoms with E-state index in [1.165, 1.54) is 0 Å². The summed E-state index contributed by atoms with van der Waals surface area (Å²) in [6.07, 6.45) is 0.371. The zero-order chi connectivity index (χ0) is 19.1. The van der Waals surface area contributed by atoms with Crippen molar-refractivity contribution in [2.75, 3.05) is 7.11 Å². The van der Waals surface area contributed by atoms with E-state index in [4.69, 9.17) is 14.6 Å². The van der Waals surface area contributed by atoms with Crippen LogP contribution >= 0.6 is 0 Å². The van der Waals surface area contributed by atoms with E-state index >= 15 is 0 Å². The first-order valence-electron chi connectivity index (χ1n) is 9.28. The summed E-state index contributed by atoms with van der Waals surface area (Å²) in [7, 11) is 1.62. The van der Waals surface area contributed by atoms with Crippen LogP contribution in [0.5, 0.6) is 17.2 Å². The smallest absolute Gasteiger partial charge is 0.213 e. The van der Waals surface area contributed by atoms with Gasteiger partial charge in [0.15, 0.2) is 0 Å². The van der Waals surface area contributed by atoms with Crippen molar-refractivity contribution in [3.63, 3.8) is 0 Å². The molecule has 3 aromatic carbocycles. The summed E-state index contributed by atoms with van der Waals surface area (Å²) in [5.74, 6) is 1.77. The second-order valence-electron chi connectivity index (χ2n) is 6.95. The van der Waals surface area contributed by atoms with Gasteiger partial charge in [-0.1, -0.05) is 48.5 Å². The van der Waals surface area contributed by atoms with Crippen molar-refractivity contribution in [3.05, 3.63) is 89.5 Å². The number of ether oxygens (including phenoxy) is 2. The van der Waals surface area contributed by atoms with E-state index < -0.39 is 0 Å². The molecule has 140 valence electrons. The van der Waals surface area contributed by atoms with Gasteiger partial charge in [0, 0.05) is 23.1 Å². The van der Waals surface area contributed by atoms with Crippen LogP contribution in [-0.4, -0.2) is 22.9 Å². The van der Waals surface area contributed by atoms with Crippen LogP contribution in [0.2, 0.25) is 0 Å². The average molecular weight is 372 g/mol. The lowest BCUT2D eigenvalue weighted by Crippen LogP contribution is -2.33. The Hall–Kier alpha value is -3.47. The number of benzene rings is 3. The quantitative estimate of drug-likeness (QED) is 0.728. The van der Waals surface area contributed by atoms with Gasteiger partial charge in [0.1, 0.15) is 17.2 Å². The normalized spacial score (nSPS) is 20.0. The first-order chi connectivity index (χ1) is 13.7. The van der Waals surface area contributed by atoms with E-state index in [0.717, 1.165) is 22.6 Å². The summed E-state index contributed by atoms with van der Waals surface area (Å²) in [5, 5.41) is 17.3. The summed E-state index contributed by atoms with van der Waals surface area (Å²) in [5.41, 5.74) is 3.67. The predicted molar refractivity (Wildman–Crippen MR) is 107 cm³/mol. The van der Waals surface area contributed by atoms with Gasteiger partial charge in [-0.3, -0.25) is 0 Å². The molecule has 2 aliphatic rings. The van der Waals surface area contributed by atoms with E-state index in [1.54, 1.807) is 19.2 Å². The molecule has 2 atom stereocenters. The van der Waals surface area contributed by atoms with Crippen molar-refractivity contribution < 1.29 is 14.6 Å². The van der Waals surface area contributed by atoms with Gasteiger partial charge in [-0.25, -0.2) is 5.01 Å². The van der Waals surface area contributed by atoms with Crippen molar-refractivity contribution in [3.8, 4) is 17.2 Å². The van der Waals surface area contributed by atoms with Gasteiger partial charge in [-0.05, 0) is 24.3 Å². The molecule has 5 nitrogen and oxygen atoms in total. The van der Waals surface area contributed by atoms with Crippen molar-refractivity contribution in [1.29, 1.82) is 0 Å². The summed E-state index contributed by atoms with van der Waals surface area (Å²) in [6.45, 7) is 0. The number of phenolic OH excluding ortho intramolecular Hbond substituents is 1. The minimum atomic E-state index is -0.314. The molecule has 0 radical (unpaired) electrons. The van der Waals surface area contributed by atoms with Crippen molar-refractivity contribution in [1.82, 2.24) is 5.01 Å². The lowest BCUT2D eigenvalue weighted by atomic mass is 9.95. The Morgan fingerprint density at radius 1 is 1.04 bits per heavy atom. The Morgan fingerprint density at radius 3 is 2.64 bits per heavy atom. The maximum Gasteiger partial charge on any atom is 0.213 e. The minimum Gasteiger partial charge on any atom is -0.507 e. The molecule has 0 bridgehead atoms. The monoisotopic (exact) mass is 372 g/mol. The molecule has 0 amide bonds. The number of methoxy groups -OCH3 is 1. The topological polar surface area (TPSA) is 54.3 Å². The summed E-state index contributed by atoms with van der Waals surface area (Å²) < 4.78 is 11.7. The van der Waals surface area contributed by atoms with E-state index in [1.807, 2.05) is 59.6 Å². The molecule has 1 N–H and O–H groups in total. The van der Waals surface area contributed by atoms with E-state index in [9.17, 15) is 5.11 Å². The van der Waals surface area contributed by atoms with Crippen LogP contribution in [0.15, 0.2) is 77.9 Å². The highest BCUT2D eigenvalue weighted by molar-refractivity contribution is 6.04. The number of rotatable bonds is 3. The highest BCUT2D eigenvalue weighted by Crippen LogP contribution is 2.47. The molecule has 0 saturated heterocycles. The van der Waals surface area contributed by atoms with Gasteiger partial charge in [0.25, 0.3) is 0 Å². The molecule has 5 heteroatoms. The molecule has 0 saturated carbocycles. The average Bonchev–Trinajstić information content (AvgIpc) is 3.19. The molecule has 0 fully saturated rings. The standard InChI is InChI=1S/C23H20N2O3/c1-27-16-11-12-21(26)18(13-16)19-14-20-17-9-5-6-10-22(17)28-23(25(20)24-19)15-7-3-2-4-8-15/h2-13,20,23,26H,14H2,1H3. The Morgan fingerprint density at radius 2 is 1.82 bits per heavy atom. The predicted octanol–water partition coefficient (Wildman–Crippen LogP) is 4.64. The van der Waals surface area contributed by atoms with Gasteiger partial charge in [-0.2, -0.15) is 5.10 Å². The van der Waals surface area contributed by atoms with Crippen LogP contribution in [0.4, 0.5) is 0 Å². The zero-order valence-electron chi connectivity index (χ0n) is 15.4. The van der Waals surface area contributed by atoms with Gasteiger partial charge in [0.2, 0.25) is 6.23 Å². The lowest BCUT2D eigenvalue weighted by molar-refractivity contribution is -0.0190. The minimum absolute atomic E-state index is 0.0516. The Kier molecular flexibility index (Phi) is 3.93. The molecule has 2 unspecified atom stereocenters. The fraction of sp³-hybridized carbons (Fsp3) is 0.174. The third kappa shape index (κ3) is 2.67. The number of nitrogens with zero attached hydrogens (tertiary/aromatic N) is 2. The molecule has 2 heterocycles. The number of hydrazone groups is 1. The zero-order valence-corrected chi connectivity index (χ0v) is 15.4. The number of para-hydroxylation sites is 1. The molecule has 28 heavy (non-hydrogen) atoms. The van der Waals surface area contributed by atoms with Crippen molar-refractivity contribution in [2.45, 2.75) is 18.7 Å². The Labute approximate surface area is 163 Å². The van der Waals surface area contributed by atoms with Crippen LogP contribution in [0.25, 0.3) is 0 Å². The van der Waals surface area contributed by atoms with Gasteiger partial charge in [0.05, 0.1) is 18.9 Å². The number of phenols is 1. The second-order valence-corrected chi connectivity index (χ2v) is 6.95. The first-order valence-corrected chi connectivity index (χ1v) is 9.28. The van der Waals surface area contributed by atoms with Crippen molar-refractivity contribution >= 4 is 5.71 Å². The third-order valence-corrected chi connectivity index (χ3v) is 5.30. The fourth-order valence-corrected chi connectivity index (χ4v) is 3.91. The van der Waals surface area contributed by atoms with Gasteiger partial charge >= 0.3 is 0 Å². The summed E-state index contributed by atoms with van der Waals surface area (Å²) in [4.78, 5) is 0. The molecule has 5 rings (SSSR count). The molecule has 0 aliphatic carbocycles. The van der Waals surface area contributed by atoms with Crippen LogP contribution in [0, 0.1) is 0 Å². The number of hydrogen-bond acceptors (Lipinski definition) is 5. The largest absolute Gasteiger partial charge is 0.507 e. The summed E-state index contributed by atoms with van der Waals surface area (Å²) >= 11 is 0. The molecular weight excluding hydrogens is 352 g/mol. The second kappa shape index (κ2) is 6.60. The first kappa shape index (κ1) is 16.7. The molecule has 3 aromatic rings. The maximum atomic E-state index is 10.4. The molecule has 0 aromatic heterocycles. The van der Waals surface area contributed by atoms with Crippen LogP contribution in [0.1, 0.15) is 35.4 Å². The maximum absolute atomic E-state index is 10.4. The highest BCUT2D eigenvalue weighted by atomic mass is 16.5. The Bertz CT molecular complexity index is 1050. The van der Waals surface area contributed by atoms with Gasteiger partial charge < -0.3 is 14.6 Å². The third-order valence-electron chi connectivity index (χ3n) is 5.30. The van der Waals surface area contributed by atoms with Crippen LogP contribution in [0.3, 0.4) is 0 Å². The number of hydrogen-bond donors (Lipinski definition) is 1. The summed E-state index contributed by atoms with van der Waals surface area (Å²) in [6, 6.07) is 23.5. The SMILES string of the molecule is COc1ccc(O)c(C2=NN3C(C2)c2ccccc2OC3c2ccccc2)c1. The number of fused-ring (bicyclic) bond motifs is 3. The molecule has 2 aliphatic heterocycles. The van der Waals surface area contributed by atoms with E-state index in [-0.39, 0.29) is 18.0 Å². The van der Waals surface area contributed by atoms with E-state index in [2.05, 4.69) is 6.07 Å². The van der Waals surface area contributed by atoms with Crippen LogP contribution in [-0.2, 0) is 0 Å². The number of aromatic hydroxyl groups is 1. The Balaban J connectivity index is 1.61. The fourth-order valence-electron chi connectivity index (χ4n) is 3.91. The molecular formula is C23H20N2O3. The van der Waals surface area contributed by atoms with E-state index in [0.29, 0.717) is 17.7 Å². The van der Waals surface area contributed by atoms with Crippen molar-refractivity contribution in [2.24, 2.45) is 5.10 Å².